The molecule has 3 rings (SSSR count). The van der Waals surface area contributed by atoms with E-state index in [2.05, 4.69) is 29.3 Å². The van der Waals surface area contributed by atoms with Gasteiger partial charge in [-0.3, -0.25) is 4.68 Å². The van der Waals surface area contributed by atoms with E-state index < -0.39 is 0 Å². The Morgan fingerprint density at radius 2 is 1.90 bits per heavy atom. The maximum atomic E-state index is 4.84. The molecule has 1 aromatic heterocycles. The van der Waals surface area contributed by atoms with Crippen LogP contribution in [0.3, 0.4) is 0 Å². The first-order valence-corrected chi connectivity index (χ1v) is 9.06. The predicted molar refractivity (Wildman–Crippen MR) is 87.5 cm³/mol. The largest absolute Gasteiger partial charge is 0.317 e. The molecule has 2 aliphatic rings. The lowest BCUT2D eigenvalue weighted by Gasteiger charge is -2.17. The van der Waals surface area contributed by atoms with E-state index in [4.69, 9.17) is 5.10 Å². The first kappa shape index (κ1) is 15.1. The Morgan fingerprint density at radius 1 is 1.19 bits per heavy atom. The SMILES string of the molecule is CNC(CCC1CCCC1)Cc1ccn(C2CCCC2)n1. The summed E-state index contributed by atoms with van der Waals surface area (Å²) in [6.45, 7) is 0. The second kappa shape index (κ2) is 7.44. The summed E-state index contributed by atoms with van der Waals surface area (Å²) >= 11 is 0. The van der Waals surface area contributed by atoms with Gasteiger partial charge in [-0.25, -0.2) is 0 Å². The summed E-state index contributed by atoms with van der Waals surface area (Å²) in [5.74, 6) is 0.997. The number of nitrogens with zero attached hydrogens (tertiary/aromatic N) is 2. The molecule has 0 amide bonds. The van der Waals surface area contributed by atoms with Crippen LogP contribution in [0.25, 0.3) is 0 Å². The van der Waals surface area contributed by atoms with Crippen molar-refractivity contribution >= 4 is 0 Å². The summed E-state index contributed by atoms with van der Waals surface area (Å²) in [6, 6.07) is 3.50. The fraction of sp³-hybridized carbons (Fsp3) is 0.833. The third kappa shape index (κ3) is 4.09. The zero-order chi connectivity index (χ0) is 14.5. The Balaban J connectivity index is 1.48. The minimum atomic E-state index is 0.595. The molecule has 2 aliphatic carbocycles. The van der Waals surface area contributed by atoms with Gasteiger partial charge in [0, 0.05) is 18.7 Å². The van der Waals surface area contributed by atoms with Crippen molar-refractivity contribution in [2.24, 2.45) is 5.92 Å². The van der Waals surface area contributed by atoms with Crippen molar-refractivity contribution in [2.75, 3.05) is 7.05 Å². The molecule has 3 heteroatoms. The topological polar surface area (TPSA) is 29.9 Å². The van der Waals surface area contributed by atoms with Crippen LogP contribution in [0, 0.1) is 5.92 Å². The molecule has 1 aromatic rings. The van der Waals surface area contributed by atoms with E-state index in [1.807, 2.05) is 0 Å². The smallest absolute Gasteiger partial charge is 0.0640 e. The Morgan fingerprint density at radius 3 is 2.62 bits per heavy atom. The zero-order valence-corrected chi connectivity index (χ0v) is 13.6. The molecule has 118 valence electrons. The van der Waals surface area contributed by atoms with E-state index in [0.717, 1.165) is 12.3 Å². The molecule has 0 bridgehead atoms. The van der Waals surface area contributed by atoms with Crippen LogP contribution in [0.5, 0.6) is 0 Å². The fourth-order valence-corrected chi connectivity index (χ4v) is 4.20. The van der Waals surface area contributed by atoms with Gasteiger partial charge in [0.15, 0.2) is 0 Å². The Bertz CT molecular complexity index is 414. The van der Waals surface area contributed by atoms with E-state index in [9.17, 15) is 0 Å². The zero-order valence-electron chi connectivity index (χ0n) is 13.6. The van der Waals surface area contributed by atoms with Crippen LogP contribution in [-0.2, 0) is 6.42 Å². The highest BCUT2D eigenvalue weighted by atomic mass is 15.3. The van der Waals surface area contributed by atoms with Gasteiger partial charge in [-0.15, -0.1) is 0 Å². The number of hydrogen-bond acceptors (Lipinski definition) is 2. The maximum Gasteiger partial charge on any atom is 0.0640 e. The maximum absolute atomic E-state index is 4.84. The van der Waals surface area contributed by atoms with Gasteiger partial charge in [0.1, 0.15) is 0 Å². The average molecular weight is 289 g/mol. The summed E-state index contributed by atoms with van der Waals surface area (Å²) in [5.41, 5.74) is 1.27. The highest BCUT2D eigenvalue weighted by Gasteiger charge is 2.19. The lowest BCUT2D eigenvalue weighted by Crippen LogP contribution is -2.28. The number of likely N-dealkylation sites (N-methyl/N-ethyl adjacent to an activating group) is 1. The van der Waals surface area contributed by atoms with Crippen molar-refractivity contribution in [3.05, 3.63) is 18.0 Å². The van der Waals surface area contributed by atoms with Crippen LogP contribution in [0.1, 0.15) is 75.9 Å². The number of nitrogens with one attached hydrogen (secondary N) is 1. The van der Waals surface area contributed by atoms with Gasteiger partial charge < -0.3 is 5.32 Å². The lowest BCUT2D eigenvalue weighted by atomic mass is 9.96. The van der Waals surface area contributed by atoms with Crippen molar-refractivity contribution in [1.82, 2.24) is 15.1 Å². The quantitative estimate of drug-likeness (QED) is 0.819. The molecule has 0 saturated heterocycles. The molecule has 1 N–H and O–H groups in total. The summed E-state index contributed by atoms with van der Waals surface area (Å²) in [5, 5.41) is 8.34. The molecule has 3 nitrogen and oxygen atoms in total. The first-order chi connectivity index (χ1) is 10.3. The van der Waals surface area contributed by atoms with Gasteiger partial charge in [0.2, 0.25) is 0 Å². The van der Waals surface area contributed by atoms with E-state index >= 15 is 0 Å². The Kier molecular flexibility index (Phi) is 5.34. The lowest BCUT2D eigenvalue weighted by molar-refractivity contribution is 0.412. The highest BCUT2D eigenvalue weighted by Crippen LogP contribution is 2.30. The number of hydrogen-bond donors (Lipinski definition) is 1. The van der Waals surface area contributed by atoms with Crippen LogP contribution in [0.4, 0.5) is 0 Å². The molecule has 2 saturated carbocycles. The van der Waals surface area contributed by atoms with Crippen LogP contribution in [-0.4, -0.2) is 22.9 Å². The van der Waals surface area contributed by atoms with Gasteiger partial charge in [0.25, 0.3) is 0 Å². The van der Waals surface area contributed by atoms with Crippen LogP contribution < -0.4 is 5.32 Å². The normalized spacial score (nSPS) is 22.1. The van der Waals surface area contributed by atoms with Crippen LogP contribution >= 0.6 is 0 Å². The van der Waals surface area contributed by atoms with Crippen molar-refractivity contribution in [2.45, 2.75) is 82.7 Å². The van der Waals surface area contributed by atoms with E-state index in [0.29, 0.717) is 12.1 Å². The number of aromatic nitrogens is 2. The van der Waals surface area contributed by atoms with Crippen molar-refractivity contribution in [3.63, 3.8) is 0 Å². The molecule has 0 spiro atoms. The molecule has 2 fully saturated rings. The second-order valence-corrected chi connectivity index (χ2v) is 7.14. The summed E-state index contributed by atoms with van der Waals surface area (Å²) in [4.78, 5) is 0. The fourth-order valence-electron chi connectivity index (χ4n) is 4.20. The molecule has 0 aromatic carbocycles. The van der Waals surface area contributed by atoms with Gasteiger partial charge in [0.05, 0.1) is 11.7 Å². The molecule has 1 unspecified atom stereocenters. The third-order valence-electron chi connectivity index (χ3n) is 5.62. The van der Waals surface area contributed by atoms with E-state index in [1.165, 1.54) is 69.9 Å². The average Bonchev–Trinajstić information content (AvgIpc) is 3.24. The summed E-state index contributed by atoms with van der Waals surface area (Å²) in [6.07, 6.45) is 17.2. The van der Waals surface area contributed by atoms with Crippen LogP contribution in [0.2, 0.25) is 0 Å². The third-order valence-corrected chi connectivity index (χ3v) is 5.62. The van der Waals surface area contributed by atoms with Gasteiger partial charge >= 0.3 is 0 Å². The Hall–Kier alpha value is -0.830. The molecule has 21 heavy (non-hydrogen) atoms. The summed E-state index contributed by atoms with van der Waals surface area (Å²) in [7, 11) is 2.10. The second-order valence-electron chi connectivity index (χ2n) is 7.14. The van der Waals surface area contributed by atoms with Crippen molar-refractivity contribution < 1.29 is 0 Å². The monoisotopic (exact) mass is 289 g/mol. The molecule has 1 heterocycles. The van der Waals surface area contributed by atoms with Gasteiger partial charge in [-0.1, -0.05) is 38.5 Å². The van der Waals surface area contributed by atoms with E-state index in [-0.39, 0.29) is 0 Å². The van der Waals surface area contributed by atoms with Crippen molar-refractivity contribution in [1.29, 1.82) is 0 Å². The van der Waals surface area contributed by atoms with Crippen molar-refractivity contribution in [3.8, 4) is 0 Å². The molecular weight excluding hydrogens is 258 g/mol. The molecular formula is C18H31N3. The van der Waals surface area contributed by atoms with E-state index in [1.54, 1.807) is 0 Å². The molecule has 0 radical (unpaired) electrons. The number of rotatable bonds is 7. The predicted octanol–water partition coefficient (Wildman–Crippen LogP) is 4.10. The van der Waals surface area contributed by atoms with Gasteiger partial charge in [-0.05, 0) is 44.7 Å². The summed E-state index contributed by atoms with van der Waals surface area (Å²) < 4.78 is 2.23. The molecule has 0 aliphatic heterocycles. The highest BCUT2D eigenvalue weighted by molar-refractivity contribution is 5.02. The first-order valence-electron chi connectivity index (χ1n) is 9.06. The minimum absolute atomic E-state index is 0.595. The van der Waals surface area contributed by atoms with Crippen LogP contribution in [0.15, 0.2) is 12.3 Å². The molecule has 1 atom stereocenters. The Labute approximate surface area is 129 Å². The minimum Gasteiger partial charge on any atom is -0.317 e. The standard InChI is InChI=1S/C18H31N3/c1-19-16(11-10-15-6-2-3-7-15)14-17-12-13-21(20-17)18-8-4-5-9-18/h12-13,15-16,18-19H,2-11,14H2,1H3. The van der Waals surface area contributed by atoms with Gasteiger partial charge in [-0.2, -0.15) is 5.10 Å².